The van der Waals surface area contributed by atoms with E-state index in [-0.39, 0.29) is 5.91 Å². The molecule has 0 aliphatic carbocycles. The molecule has 1 amide bonds. The molecule has 5 nitrogen and oxygen atoms in total. The summed E-state index contributed by atoms with van der Waals surface area (Å²) in [5.41, 5.74) is 2.83. The molecule has 1 saturated heterocycles. The number of benzene rings is 1. The number of methoxy groups -OCH3 is 1. The third-order valence-electron chi connectivity index (χ3n) is 1.94. The number of carbonyl (C=O) groups excluding carboxylic acids is 1. The molecule has 0 radical (unpaired) electrons. The lowest BCUT2D eigenvalue weighted by Gasteiger charge is -2.04. The van der Waals surface area contributed by atoms with Crippen molar-refractivity contribution in [1.82, 2.24) is 5.48 Å². The van der Waals surface area contributed by atoms with E-state index in [2.05, 4.69) is 10.5 Å². The molecule has 1 aliphatic heterocycles. The maximum atomic E-state index is 11.1. The van der Waals surface area contributed by atoms with Crippen LogP contribution >= 0.6 is 0 Å². The van der Waals surface area contributed by atoms with Crippen molar-refractivity contribution in [3.63, 3.8) is 0 Å². The van der Waals surface area contributed by atoms with Crippen LogP contribution in [0.1, 0.15) is 11.7 Å². The molecule has 1 aromatic rings. The number of nitrogens with one attached hydrogen (secondary N) is 1. The summed E-state index contributed by atoms with van der Waals surface area (Å²) in [5.74, 6) is 0.420. The highest BCUT2D eigenvalue weighted by molar-refractivity contribution is 5.82. The topological polar surface area (TPSA) is 56.8 Å². The van der Waals surface area contributed by atoms with Crippen LogP contribution < -0.4 is 10.2 Å². The van der Waals surface area contributed by atoms with Crippen molar-refractivity contribution in [3.8, 4) is 5.75 Å². The number of hydroxylamine groups is 1. The molecule has 2 rings (SSSR count). The molecule has 5 heteroatoms. The molecule has 0 saturated carbocycles. The summed E-state index contributed by atoms with van der Waals surface area (Å²) < 4.78 is 4.99. The Morgan fingerprint density at radius 1 is 1.36 bits per heavy atom. The Labute approximate surface area is 80.5 Å². The SMILES string of the molecule is COc1ccc(C2OONC2=O)cc1. The Morgan fingerprint density at radius 3 is 2.57 bits per heavy atom. The summed E-state index contributed by atoms with van der Waals surface area (Å²) in [6.45, 7) is 0. The zero-order valence-electron chi connectivity index (χ0n) is 7.52. The largest absolute Gasteiger partial charge is 0.497 e. The van der Waals surface area contributed by atoms with Gasteiger partial charge in [0.2, 0.25) is 6.10 Å². The van der Waals surface area contributed by atoms with Gasteiger partial charge in [-0.05, 0) is 17.7 Å². The zero-order chi connectivity index (χ0) is 9.97. The van der Waals surface area contributed by atoms with Crippen LogP contribution in [0.3, 0.4) is 0 Å². The van der Waals surface area contributed by atoms with Gasteiger partial charge in [0.15, 0.2) is 0 Å². The number of ether oxygens (including phenoxy) is 1. The highest BCUT2D eigenvalue weighted by atomic mass is 17.3. The fourth-order valence-corrected chi connectivity index (χ4v) is 1.20. The minimum atomic E-state index is -0.694. The monoisotopic (exact) mass is 195 g/mol. The first kappa shape index (κ1) is 8.98. The molecule has 1 fully saturated rings. The van der Waals surface area contributed by atoms with Crippen LogP contribution in [-0.2, 0) is 14.7 Å². The Kier molecular flexibility index (Phi) is 2.34. The van der Waals surface area contributed by atoms with Crippen molar-refractivity contribution in [3.05, 3.63) is 29.8 Å². The molecule has 14 heavy (non-hydrogen) atoms. The van der Waals surface area contributed by atoms with Crippen molar-refractivity contribution in [2.24, 2.45) is 0 Å². The summed E-state index contributed by atoms with van der Waals surface area (Å²) >= 11 is 0. The maximum absolute atomic E-state index is 11.1. The second-order valence-corrected chi connectivity index (χ2v) is 2.80. The smallest absolute Gasteiger partial charge is 0.283 e. The van der Waals surface area contributed by atoms with Crippen molar-refractivity contribution >= 4 is 5.91 Å². The summed E-state index contributed by atoms with van der Waals surface area (Å²) in [6.07, 6.45) is -0.694. The van der Waals surface area contributed by atoms with Crippen LogP contribution in [0, 0.1) is 0 Å². The average molecular weight is 195 g/mol. The predicted octanol–water partition coefficient (Wildman–Crippen LogP) is 0.729. The van der Waals surface area contributed by atoms with E-state index >= 15 is 0 Å². The van der Waals surface area contributed by atoms with Gasteiger partial charge in [-0.2, -0.15) is 10.4 Å². The lowest BCUT2D eigenvalue weighted by atomic mass is 10.1. The lowest BCUT2D eigenvalue weighted by molar-refractivity contribution is -0.308. The van der Waals surface area contributed by atoms with Gasteiger partial charge in [0, 0.05) is 0 Å². The third kappa shape index (κ3) is 1.55. The molecular weight excluding hydrogens is 186 g/mol. The van der Waals surface area contributed by atoms with Gasteiger partial charge in [-0.3, -0.25) is 4.79 Å². The predicted molar refractivity (Wildman–Crippen MR) is 46.0 cm³/mol. The Morgan fingerprint density at radius 2 is 2.07 bits per heavy atom. The molecule has 1 heterocycles. The van der Waals surface area contributed by atoms with Gasteiger partial charge in [-0.15, -0.1) is 4.99 Å². The second-order valence-electron chi connectivity index (χ2n) is 2.80. The van der Waals surface area contributed by atoms with Crippen molar-refractivity contribution < 1.29 is 19.4 Å². The van der Waals surface area contributed by atoms with Gasteiger partial charge in [-0.1, -0.05) is 12.1 Å². The van der Waals surface area contributed by atoms with Crippen LogP contribution in [0.5, 0.6) is 5.75 Å². The standard InChI is InChI=1S/C9H9NO4/c1-12-7-4-2-6(3-5-7)8-9(11)10-14-13-8/h2-5,8H,1H3,(H,10,11). The van der Waals surface area contributed by atoms with E-state index in [4.69, 9.17) is 9.62 Å². The van der Waals surface area contributed by atoms with Crippen LogP contribution in [-0.4, -0.2) is 13.0 Å². The molecule has 1 N–H and O–H groups in total. The molecule has 0 spiro atoms. The van der Waals surface area contributed by atoms with Gasteiger partial charge in [0.05, 0.1) is 7.11 Å². The lowest BCUT2D eigenvalue weighted by Crippen LogP contribution is -2.16. The summed E-state index contributed by atoms with van der Waals surface area (Å²) in [7, 11) is 1.58. The van der Waals surface area contributed by atoms with E-state index in [1.165, 1.54) is 0 Å². The first-order valence-corrected chi connectivity index (χ1v) is 4.07. The highest BCUT2D eigenvalue weighted by Crippen LogP contribution is 2.23. The van der Waals surface area contributed by atoms with Gasteiger partial charge < -0.3 is 4.74 Å². The fourth-order valence-electron chi connectivity index (χ4n) is 1.20. The Hall–Kier alpha value is -1.59. The minimum absolute atomic E-state index is 0.310. The van der Waals surface area contributed by atoms with Gasteiger partial charge >= 0.3 is 0 Å². The van der Waals surface area contributed by atoms with E-state index in [0.717, 1.165) is 11.3 Å². The van der Waals surface area contributed by atoms with E-state index in [1.807, 2.05) is 0 Å². The van der Waals surface area contributed by atoms with Crippen LogP contribution in [0.2, 0.25) is 0 Å². The number of carbonyl (C=O) groups is 1. The molecule has 1 aromatic carbocycles. The average Bonchev–Trinajstić information content (AvgIpc) is 2.65. The quantitative estimate of drug-likeness (QED) is 0.707. The second kappa shape index (κ2) is 3.65. The molecule has 0 aromatic heterocycles. The van der Waals surface area contributed by atoms with E-state index in [9.17, 15) is 4.79 Å². The van der Waals surface area contributed by atoms with Crippen LogP contribution in [0.4, 0.5) is 0 Å². The minimum Gasteiger partial charge on any atom is -0.497 e. The molecule has 1 unspecified atom stereocenters. The van der Waals surface area contributed by atoms with Gasteiger partial charge in [0.1, 0.15) is 5.75 Å². The van der Waals surface area contributed by atoms with Crippen molar-refractivity contribution in [2.45, 2.75) is 6.10 Å². The zero-order valence-corrected chi connectivity index (χ0v) is 7.52. The number of amides is 1. The Balaban J connectivity index is 2.20. The number of hydrogen-bond donors (Lipinski definition) is 1. The van der Waals surface area contributed by atoms with E-state index in [1.54, 1.807) is 31.4 Å². The molecular formula is C9H9NO4. The third-order valence-corrected chi connectivity index (χ3v) is 1.94. The first-order valence-electron chi connectivity index (χ1n) is 4.07. The molecule has 74 valence electrons. The van der Waals surface area contributed by atoms with Crippen LogP contribution in [0.15, 0.2) is 24.3 Å². The molecule has 1 atom stereocenters. The highest BCUT2D eigenvalue weighted by Gasteiger charge is 2.29. The van der Waals surface area contributed by atoms with E-state index < -0.39 is 6.10 Å². The van der Waals surface area contributed by atoms with Crippen molar-refractivity contribution in [1.29, 1.82) is 0 Å². The molecule has 1 aliphatic rings. The van der Waals surface area contributed by atoms with Crippen molar-refractivity contribution in [2.75, 3.05) is 7.11 Å². The van der Waals surface area contributed by atoms with E-state index in [0.29, 0.717) is 0 Å². The number of rotatable bonds is 2. The van der Waals surface area contributed by atoms with Gasteiger partial charge in [0.25, 0.3) is 5.91 Å². The summed E-state index contributed by atoms with van der Waals surface area (Å²) in [4.78, 5) is 20.2. The summed E-state index contributed by atoms with van der Waals surface area (Å²) in [6, 6.07) is 7.00. The maximum Gasteiger partial charge on any atom is 0.283 e. The normalized spacial score (nSPS) is 20.6. The first-order chi connectivity index (χ1) is 6.81. The van der Waals surface area contributed by atoms with Gasteiger partial charge in [-0.25, -0.2) is 0 Å². The summed E-state index contributed by atoms with van der Waals surface area (Å²) in [5, 5.41) is 0. The molecule has 0 bridgehead atoms. The Bertz CT molecular complexity index is 335. The van der Waals surface area contributed by atoms with Crippen LogP contribution in [0.25, 0.3) is 0 Å². The number of hydrogen-bond acceptors (Lipinski definition) is 4. The fraction of sp³-hybridized carbons (Fsp3) is 0.222.